The summed E-state index contributed by atoms with van der Waals surface area (Å²) in [6.07, 6.45) is 0.602. The molecule has 0 N–H and O–H groups in total. The molecule has 0 fully saturated rings. The molecule has 5 rings (SSSR count). The minimum absolute atomic E-state index is 0.0611. The molecular formula is C33H32N2O3. The number of methoxy groups -OCH3 is 1. The number of aryl methyl sites for hydroxylation is 2. The van der Waals surface area contributed by atoms with Crippen LogP contribution in [-0.2, 0) is 0 Å². The van der Waals surface area contributed by atoms with Gasteiger partial charge in [-0.3, -0.25) is 9.59 Å². The first-order valence-electron chi connectivity index (χ1n) is 12.9. The maximum Gasteiger partial charge on any atom is 0.258 e. The first-order chi connectivity index (χ1) is 18.4. The molecular weight excluding hydrogens is 472 g/mol. The molecule has 4 aromatic carbocycles. The summed E-state index contributed by atoms with van der Waals surface area (Å²) in [5.41, 5.74) is 6.07. The van der Waals surface area contributed by atoms with Crippen LogP contribution in [0.5, 0.6) is 5.75 Å². The predicted molar refractivity (Wildman–Crippen MR) is 152 cm³/mol. The summed E-state index contributed by atoms with van der Waals surface area (Å²) in [6, 6.07) is 30.4. The van der Waals surface area contributed by atoms with E-state index in [0.29, 0.717) is 23.3 Å². The van der Waals surface area contributed by atoms with Gasteiger partial charge in [-0.1, -0.05) is 53.6 Å². The van der Waals surface area contributed by atoms with Crippen molar-refractivity contribution in [3.8, 4) is 5.75 Å². The van der Waals surface area contributed by atoms with Gasteiger partial charge < -0.3 is 14.5 Å². The van der Waals surface area contributed by atoms with Crippen molar-refractivity contribution in [2.75, 3.05) is 16.9 Å². The van der Waals surface area contributed by atoms with Crippen molar-refractivity contribution in [2.24, 2.45) is 0 Å². The van der Waals surface area contributed by atoms with Crippen molar-refractivity contribution in [1.29, 1.82) is 0 Å². The van der Waals surface area contributed by atoms with Gasteiger partial charge in [-0.25, -0.2) is 0 Å². The van der Waals surface area contributed by atoms with Crippen LogP contribution in [0.25, 0.3) is 0 Å². The number of carbonyl (C=O) groups excluding carboxylic acids is 2. The number of benzene rings is 4. The lowest BCUT2D eigenvalue weighted by Crippen LogP contribution is -2.48. The van der Waals surface area contributed by atoms with Gasteiger partial charge in [-0.2, -0.15) is 0 Å². The Morgan fingerprint density at radius 1 is 0.816 bits per heavy atom. The number of anilines is 2. The number of hydrogen-bond donors (Lipinski definition) is 0. The predicted octanol–water partition coefficient (Wildman–Crippen LogP) is 7.14. The highest BCUT2D eigenvalue weighted by Crippen LogP contribution is 2.44. The zero-order chi connectivity index (χ0) is 26.8. The van der Waals surface area contributed by atoms with Crippen LogP contribution in [-0.4, -0.2) is 25.0 Å². The van der Waals surface area contributed by atoms with Crippen LogP contribution in [0.4, 0.5) is 11.4 Å². The molecule has 0 saturated carbocycles. The standard InChI is InChI=1S/C33H32N2O3/c1-22-10-15-27(16-11-22)35(33(37)25-8-6-5-7-9-25)31-21-24(3)34(30-19-12-23(2)20-29(30)31)32(36)26-13-17-28(38-4)18-14-26/h5-20,24,31H,21H2,1-4H3/t24-,31-/m0/s1. The lowest BCUT2D eigenvalue weighted by atomic mass is 9.88. The molecule has 0 aromatic heterocycles. The van der Waals surface area contributed by atoms with Gasteiger partial charge >= 0.3 is 0 Å². The average molecular weight is 505 g/mol. The molecule has 0 spiro atoms. The fourth-order valence-corrected chi connectivity index (χ4v) is 5.24. The lowest BCUT2D eigenvalue weighted by molar-refractivity contribution is 0.0965. The van der Waals surface area contributed by atoms with Gasteiger partial charge in [0.1, 0.15) is 5.75 Å². The number of rotatable bonds is 5. The Kier molecular flexibility index (Phi) is 7.01. The number of nitrogens with zero attached hydrogens (tertiary/aromatic N) is 2. The molecule has 2 amide bonds. The summed E-state index contributed by atoms with van der Waals surface area (Å²) < 4.78 is 5.27. The van der Waals surface area contributed by atoms with Crippen molar-refractivity contribution in [1.82, 2.24) is 0 Å². The molecule has 38 heavy (non-hydrogen) atoms. The van der Waals surface area contributed by atoms with E-state index in [4.69, 9.17) is 4.74 Å². The molecule has 2 atom stereocenters. The smallest absolute Gasteiger partial charge is 0.258 e. The van der Waals surface area contributed by atoms with Crippen molar-refractivity contribution in [2.45, 2.75) is 39.3 Å². The molecule has 1 heterocycles. The molecule has 0 saturated heterocycles. The minimum atomic E-state index is -0.241. The van der Waals surface area contributed by atoms with Crippen LogP contribution in [0.3, 0.4) is 0 Å². The maximum atomic E-state index is 14.1. The number of carbonyl (C=O) groups is 2. The fourth-order valence-electron chi connectivity index (χ4n) is 5.24. The fraction of sp³-hybridized carbons (Fsp3) is 0.212. The van der Waals surface area contributed by atoms with Crippen LogP contribution in [0.2, 0.25) is 0 Å². The highest BCUT2D eigenvalue weighted by Gasteiger charge is 2.39. The molecule has 0 radical (unpaired) electrons. The van der Waals surface area contributed by atoms with E-state index in [1.807, 2.05) is 90.4 Å². The molecule has 0 unspecified atom stereocenters. The molecule has 5 heteroatoms. The summed E-state index contributed by atoms with van der Waals surface area (Å²) in [7, 11) is 1.61. The zero-order valence-corrected chi connectivity index (χ0v) is 22.2. The van der Waals surface area contributed by atoms with Gasteiger partial charge in [-0.05, 0) is 87.4 Å². The van der Waals surface area contributed by atoms with E-state index in [2.05, 4.69) is 13.0 Å². The minimum Gasteiger partial charge on any atom is -0.497 e. The van der Waals surface area contributed by atoms with Crippen molar-refractivity contribution in [3.05, 3.63) is 125 Å². The number of fused-ring (bicyclic) bond motifs is 1. The quantitative estimate of drug-likeness (QED) is 0.290. The van der Waals surface area contributed by atoms with E-state index in [9.17, 15) is 9.59 Å². The molecule has 1 aliphatic rings. The first-order valence-corrected chi connectivity index (χ1v) is 12.9. The Balaban J connectivity index is 1.62. The van der Waals surface area contributed by atoms with Crippen molar-refractivity contribution in [3.63, 3.8) is 0 Å². The Bertz CT molecular complexity index is 1450. The number of hydrogen-bond acceptors (Lipinski definition) is 3. The third-order valence-corrected chi connectivity index (χ3v) is 7.23. The Labute approximate surface area is 224 Å². The summed E-state index contributed by atoms with van der Waals surface area (Å²) in [4.78, 5) is 31.6. The van der Waals surface area contributed by atoms with Crippen LogP contribution in [0, 0.1) is 13.8 Å². The van der Waals surface area contributed by atoms with Gasteiger partial charge in [0.2, 0.25) is 0 Å². The normalized spacial score (nSPS) is 16.5. The third kappa shape index (κ3) is 4.80. The molecule has 4 aromatic rings. The Morgan fingerprint density at radius 2 is 1.47 bits per heavy atom. The van der Waals surface area contributed by atoms with Crippen molar-refractivity contribution < 1.29 is 14.3 Å². The van der Waals surface area contributed by atoms with Gasteiger partial charge in [0.05, 0.1) is 13.2 Å². The molecule has 192 valence electrons. The Morgan fingerprint density at radius 3 is 2.13 bits per heavy atom. The van der Waals surface area contributed by atoms with Gasteiger partial charge in [0.25, 0.3) is 11.8 Å². The largest absolute Gasteiger partial charge is 0.497 e. The van der Waals surface area contributed by atoms with Crippen LogP contribution in [0.15, 0.2) is 97.1 Å². The average Bonchev–Trinajstić information content (AvgIpc) is 2.94. The van der Waals surface area contributed by atoms with E-state index in [1.165, 1.54) is 0 Å². The summed E-state index contributed by atoms with van der Waals surface area (Å²) in [5, 5.41) is 0. The molecule has 0 bridgehead atoms. The van der Waals surface area contributed by atoms with E-state index in [1.54, 1.807) is 31.4 Å². The van der Waals surface area contributed by atoms with E-state index in [-0.39, 0.29) is 23.9 Å². The van der Waals surface area contributed by atoms with Crippen LogP contribution in [0.1, 0.15) is 56.8 Å². The second kappa shape index (κ2) is 10.5. The highest BCUT2D eigenvalue weighted by atomic mass is 16.5. The van der Waals surface area contributed by atoms with Gasteiger partial charge in [0, 0.05) is 28.5 Å². The highest BCUT2D eigenvalue weighted by molar-refractivity contribution is 6.09. The van der Waals surface area contributed by atoms with Gasteiger partial charge in [-0.15, -0.1) is 0 Å². The topological polar surface area (TPSA) is 49.9 Å². The number of amides is 2. The Hall–Kier alpha value is -4.38. The first kappa shape index (κ1) is 25.3. The van der Waals surface area contributed by atoms with Crippen molar-refractivity contribution >= 4 is 23.2 Å². The number of ether oxygens (including phenoxy) is 1. The van der Waals surface area contributed by atoms with E-state index in [0.717, 1.165) is 28.1 Å². The van der Waals surface area contributed by atoms with Crippen LogP contribution < -0.4 is 14.5 Å². The van der Waals surface area contributed by atoms with Crippen LogP contribution >= 0.6 is 0 Å². The summed E-state index contributed by atoms with van der Waals surface area (Å²) >= 11 is 0. The monoisotopic (exact) mass is 504 g/mol. The zero-order valence-electron chi connectivity index (χ0n) is 22.2. The molecule has 0 aliphatic carbocycles. The molecule has 5 nitrogen and oxygen atoms in total. The lowest BCUT2D eigenvalue weighted by Gasteiger charge is -2.44. The van der Waals surface area contributed by atoms with Gasteiger partial charge in [0.15, 0.2) is 0 Å². The van der Waals surface area contributed by atoms with E-state index >= 15 is 0 Å². The van der Waals surface area contributed by atoms with E-state index < -0.39 is 0 Å². The second-order valence-corrected chi connectivity index (χ2v) is 9.94. The molecule has 1 aliphatic heterocycles. The SMILES string of the molecule is COc1ccc(C(=O)N2c3ccc(C)cc3[C@@H](N(C(=O)c3ccccc3)c3ccc(C)cc3)C[C@@H]2C)cc1. The summed E-state index contributed by atoms with van der Waals surface area (Å²) in [5.74, 6) is 0.575. The second-order valence-electron chi connectivity index (χ2n) is 9.94. The summed E-state index contributed by atoms with van der Waals surface area (Å²) in [6.45, 7) is 6.13. The maximum absolute atomic E-state index is 14.1. The third-order valence-electron chi connectivity index (χ3n) is 7.23.